The van der Waals surface area contributed by atoms with Gasteiger partial charge in [0.15, 0.2) is 0 Å². The van der Waals surface area contributed by atoms with E-state index in [1.165, 1.54) is 5.56 Å². The van der Waals surface area contributed by atoms with Crippen molar-refractivity contribution in [3.05, 3.63) is 35.9 Å². The maximum atomic E-state index is 12.8. The summed E-state index contributed by atoms with van der Waals surface area (Å²) in [5.41, 5.74) is 7.32. The fourth-order valence-corrected chi connectivity index (χ4v) is 3.32. The van der Waals surface area contributed by atoms with Crippen molar-refractivity contribution in [1.29, 1.82) is 0 Å². The molecule has 0 aromatic heterocycles. The lowest BCUT2D eigenvalue weighted by Gasteiger charge is -2.39. The Bertz CT molecular complexity index is 461. The highest BCUT2D eigenvalue weighted by Crippen LogP contribution is 2.32. The van der Waals surface area contributed by atoms with Crippen LogP contribution in [0, 0.1) is 5.92 Å². The number of hydrogen-bond acceptors (Lipinski definition) is 2. The standard InChI is InChI=1S/C18H28N2O.ClH/c1-3-20(14-12-15-9-5-4-6-10-15)17(21)16-11-7-8-13-18(16,2)19;/h4-6,9-10,16H,3,7-8,11-14,19H2,1-2H3;1H. The first-order valence-electron chi connectivity index (χ1n) is 8.16. The molecule has 2 unspecified atom stereocenters. The van der Waals surface area contributed by atoms with Gasteiger partial charge in [-0.2, -0.15) is 0 Å². The zero-order chi connectivity index (χ0) is 15.3. The van der Waals surface area contributed by atoms with Gasteiger partial charge in [-0.05, 0) is 38.7 Å². The van der Waals surface area contributed by atoms with Gasteiger partial charge in [0.25, 0.3) is 0 Å². The largest absolute Gasteiger partial charge is 0.342 e. The molecule has 22 heavy (non-hydrogen) atoms. The molecular formula is C18H29ClN2O. The van der Waals surface area contributed by atoms with E-state index in [1.54, 1.807) is 0 Å². The average Bonchev–Trinajstić information content (AvgIpc) is 2.48. The fraction of sp³-hybridized carbons (Fsp3) is 0.611. The van der Waals surface area contributed by atoms with Crippen molar-refractivity contribution in [1.82, 2.24) is 4.90 Å². The Hall–Kier alpha value is -1.06. The summed E-state index contributed by atoms with van der Waals surface area (Å²) in [5, 5.41) is 0. The lowest BCUT2D eigenvalue weighted by molar-refractivity contribution is -0.138. The summed E-state index contributed by atoms with van der Waals surface area (Å²) >= 11 is 0. The third-order valence-corrected chi connectivity index (χ3v) is 4.76. The van der Waals surface area contributed by atoms with E-state index in [1.807, 2.05) is 30.0 Å². The smallest absolute Gasteiger partial charge is 0.227 e. The molecule has 1 aliphatic carbocycles. The van der Waals surface area contributed by atoms with Crippen LogP contribution in [0.1, 0.15) is 45.1 Å². The first-order chi connectivity index (χ1) is 10.0. The molecule has 0 heterocycles. The van der Waals surface area contributed by atoms with Crippen LogP contribution < -0.4 is 5.73 Å². The Labute approximate surface area is 140 Å². The van der Waals surface area contributed by atoms with Gasteiger partial charge in [0, 0.05) is 18.6 Å². The summed E-state index contributed by atoms with van der Waals surface area (Å²) in [7, 11) is 0. The van der Waals surface area contributed by atoms with E-state index in [2.05, 4.69) is 19.1 Å². The molecule has 1 aromatic rings. The fourth-order valence-electron chi connectivity index (χ4n) is 3.32. The molecule has 1 saturated carbocycles. The molecule has 1 amide bonds. The number of rotatable bonds is 5. The average molecular weight is 325 g/mol. The summed E-state index contributed by atoms with van der Waals surface area (Å²) in [5.74, 6) is 0.236. The predicted molar refractivity (Wildman–Crippen MR) is 94.2 cm³/mol. The zero-order valence-corrected chi connectivity index (χ0v) is 14.6. The quantitative estimate of drug-likeness (QED) is 0.902. The predicted octanol–water partition coefficient (Wildman–Crippen LogP) is 3.41. The zero-order valence-electron chi connectivity index (χ0n) is 13.8. The monoisotopic (exact) mass is 324 g/mol. The van der Waals surface area contributed by atoms with Crippen LogP contribution in [0.5, 0.6) is 0 Å². The molecule has 2 atom stereocenters. The molecule has 4 heteroatoms. The number of nitrogens with two attached hydrogens (primary N) is 1. The minimum Gasteiger partial charge on any atom is -0.342 e. The molecule has 1 aromatic carbocycles. The lowest BCUT2D eigenvalue weighted by Crippen LogP contribution is -2.54. The van der Waals surface area contributed by atoms with E-state index in [9.17, 15) is 4.79 Å². The number of hydrogen-bond donors (Lipinski definition) is 1. The Morgan fingerprint density at radius 1 is 1.32 bits per heavy atom. The van der Waals surface area contributed by atoms with Crippen LogP contribution in [-0.2, 0) is 11.2 Å². The van der Waals surface area contributed by atoms with Crippen LogP contribution in [0.3, 0.4) is 0 Å². The summed E-state index contributed by atoms with van der Waals surface area (Å²) in [6.07, 6.45) is 5.08. The number of likely N-dealkylation sites (N-methyl/N-ethyl adjacent to an activating group) is 1. The van der Waals surface area contributed by atoms with Gasteiger partial charge in [0.05, 0.1) is 5.92 Å². The van der Waals surface area contributed by atoms with Crippen molar-refractivity contribution in [3.63, 3.8) is 0 Å². The van der Waals surface area contributed by atoms with Crippen LogP contribution in [0.4, 0.5) is 0 Å². The van der Waals surface area contributed by atoms with Crippen molar-refractivity contribution in [2.75, 3.05) is 13.1 Å². The molecule has 2 N–H and O–H groups in total. The van der Waals surface area contributed by atoms with Gasteiger partial charge in [-0.1, -0.05) is 43.2 Å². The van der Waals surface area contributed by atoms with Gasteiger partial charge in [-0.25, -0.2) is 0 Å². The number of carbonyl (C=O) groups excluding carboxylic acids is 1. The minimum absolute atomic E-state index is 0. The van der Waals surface area contributed by atoms with E-state index in [0.29, 0.717) is 0 Å². The number of benzene rings is 1. The molecule has 0 saturated heterocycles. The van der Waals surface area contributed by atoms with E-state index in [-0.39, 0.29) is 29.8 Å². The van der Waals surface area contributed by atoms with Crippen molar-refractivity contribution in [3.8, 4) is 0 Å². The van der Waals surface area contributed by atoms with Crippen molar-refractivity contribution in [2.24, 2.45) is 11.7 Å². The van der Waals surface area contributed by atoms with Gasteiger partial charge in [0.1, 0.15) is 0 Å². The molecule has 124 valence electrons. The summed E-state index contributed by atoms with van der Waals surface area (Å²) in [4.78, 5) is 14.8. The first kappa shape index (κ1) is 19.0. The van der Waals surface area contributed by atoms with Gasteiger partial charge in [0.2, 0.25) is 5.91 Å². The second-order valence-electron chi connectivity index (χ2n) is 6.46. The van der Waals surface area contributed by atoms with E-state index < -0.39 is 0 Å². The van der Waals surface area contributed by atoms with E-state index >= 15 is 0 Å². The maximum Gasteiger partial charge on any atom is 0.227 e. The molecule has 0 radical (unpaired) electrons. The third kappa shape index (κ3) is 4.72. The molecule has 1 fully saturated rings. The summed E-state index contributed by atoms with van der Waals surface area (Å²) < 4.78 is 0. The highest BCUT2D eigenvalue weighted by atomic mass is 35.5. The molecule has 1 aliphatic rings. The van der Waals surface area contributed by atoms with Gasteiger partial charge in [-0.15, -0.1) is 12.4 Å². The molecule has 3 nitrogen and oxygen atoms in total. The topological polar surface area (TPSA) is 46.3 Å². The van der Waals surface area contributed by atoms with Crippen molar-refractivity contribution in [2.45, 2.75) is 51.5 Å². The summed E-state index contributed by atoms with van der Waals surface area (Å²) in [6.45, 7) is 5.64. The van der Waals surface area contributed by atoms with Crippen molar-refractivity contribution < 1.29 is 4.79 Å². The molecule has 2 rings (SSSR count). The Kier molecular flexibility index (Phi) is 7.37. The molecular weight excluding hydrogens is 296 g/mol. The van der Waals surface area contributed by atoms with Crippen LogP contribution >= 0.6 is 12.4 Å². The number of amides is 1. The Morgan fingerprint density at radius 3 is 2.59 bits per heavy atom. The highest BCUT2D eigenvalue weighted by Gasteiger charge is 2.39. The van der Waals surface area contributed by atoms with Crippen LogP contribution in [0.15, 0.2) is 30.3 Å². The Morgan fingerprint density at radius 2 is 2.00 bits per heavy atom. The van der Waals surface area contributed by atoms with Crippen LogP contribution in [0.2, 0.25) is 0 Å². The van der Waals surface area contributed by atoms with Gasteiger partial charge in [-0.3, -0.25) is 4.79 Å². The van der Waals surface area contributed by atoms with Gasteiger partial charge >= 0.3 is 0 Å². The summed E-state index contributed by atoms with van der Waals surface area (Å²) in [6, 6.07) is 10.4. The maximum absolute atomic E-state index is 12.8. The number of nitrogens with zero attached hydrogens (tertiary/aromatic N) is 1. The minimum atomic E-state index is -0.338. The van der Waals surface area contributed by atoms with E-state index in [0.717, 1.165) is 45.2 Å². The Balaban J connectivity index is 0.00000242. The number of halogens is 1. The van der Waals surface area contributed by atoms with Gasteiger partial charge < -0.3 is 10.6 Å². The van der Waals surface area contributed by atoms with Crippen LogP contribution in [0.25, 0.3) is 0 Å². The SMILES string of the molecule is CCN(CCc1ccccc1)C(=O)C1CCCCC1(C)N.Cl. The highest BCUT2D eigenvalue weighted by molar-refractivity contribution is 5.85. The lowest BCUT2D eigenvalue weighted by atomic mass is 9.74. The van der Waals surface area contributed by atoms with E-state index in [4.69, 9.17) is 5.73 Å². The van der Waals surface area contributed by atoms with Crippen LogP contribution in [-0.4, -0.2) is 29.4 Å². The second-order valence-corrected chi connectivity index (χ2v) is 6.46. The molecule has 0 spiro atoms. The normalized spacial score (nSPS) is 24.4. The molecule has 0 aliphatic heterocycles. The first-order valence-corrected chi connectivity index (χ1v) is 8.16. The number of carbonyl (C=O) groups is 1. The van der Waals surface area contributed by atoms with Crippen molar-refractivity contribution >= 4 is 18.3 Å². The molecule has 0 bridgehead atoms. The second kappa shape index (κ2) is 8.54. The third-order valence-electron chi connectivity index (χ3n) is 4.76.